The topological polar surface area (TPSA) is 59.6 Å². The van der Waals surface area contributed by atoms with Gasteiger partial charge in [0, 0.05) is 33.2 Å². The molecule has 1 aliphatic heterocycles. The van der Waals surface area contributed by atoms with E-state index in [2.05, 4.69) is 59.7 Å². The lowest BCUT2D eigenvalue weighted by molar-refractivity contribution is 0.373. The van der Waals surface area contributed by atoms with Gasteiger partial charge in [-0.05, 0) is 23.1 Å². The molecule has 1 aromatic carbocycles. The molecule has 2 N–H and O–H groups in total. The van der Waals surface area contributed by atoms with Crippen LogP contribution >= 0.6 is 11.3 Å². The number of hydrogen-bond donors (Lipinski definition) is 2. The fraction of sp³-hybridized carbons (Fsp3) is 0.300. The highest BCUT2D eigenvalue weighted by atomic mass is 32.1. The van der Waals surface area contributed by atoms with Crippen molar-refractivity contribution in [2.24, 2.45) is 4.99 Å². The number of nitrogens with one attached hydrogen (secondary N) is 2. The zero-order valence-electron chi connectivity index (χ0n) is 15.4. The second-order valence-electron chi connectivity index (χ2n) is 6.44. The van der Waals surface area contributed by atoms with Crippen LogP contribution in [0.1, 0.15) is 5.82 Å². The summed E-state index contributed by atoms with van der Waals surface area (Å²) >= 11 is 1.80. The molecule has 2 aromatic heterocycles. The van der Waals surface area contributed by atoms with Crippen LogP contribution in [0.15, 0.2) is 59.0 Å². The molecule has 0 amide bonds. The summed E-state index contributed by atoms with van der Waals surface area (Å²) in [5, 5.41) is 6.92. The average molecular weight is 381 g/mol. The van der Waals surface area contributed by atoms with E-state index in [9.17, 15) is 0 Å². The van der Waals surface area contributed by atoms with Crippen molar-refractivity contribution in [3.63, 3.8) is 0 Å². The molecule has 7 heteroatoms. The summed E-state index contributed by atoms with van der Waals surface area (Å²) in [5.74, 6) is 1.84. The number of anilines is 1. The molecule has 4 rings (SSSR count). The highest BCUT2D eigenvalue weighted by Crippen LogP contribution is 2.22. The minimum absolute atomic E-state index is 0.630. The lowest BCUT2D eigenvalue weighted by Gasteiger charge is -2.36. The summed E-state index contributed by atoms with van der Waals surface area (Å²) < 4.78 is 0. The SMILES string of the molecule is CN=C(NCc1ncc(-c2ccccc2)[nH]1)N1CCN(c2cccs2)CC1. The van der Waals surface area contributed by atoms with Gasteiger partial charge in [-0.3, -0.25) is 4.99 Å². The van der Waals surface area contributed by atoms with Crippen LogP contribution in [0.3, 0.4) is 0 Å². The van der Waals surface area contributed by atoms with Crippen molar-refractivity contribution < 1.29 is 0 Å². The van der Waals surface area contributed by atoms with E-state index in [1.807, 2.05) is 31.4 Å². The van der Waals surface area contributed by atoms with Crippen molar-refractivity contribution >= 4 is 22.3 Å². The largest absolute Gasteiger partial charge is 0.360 e. The maximum atomic E-state index is 4.49. The van der Waals surface area contributed by atoms with Crippen molar-refractivity contribution in [2.45, 2.75) is 6.54 Å². The number of hydrogen-bond acceptors (Lipinski definition) is 4. The number of guanidine groups is 1. The van der Waals surface area contributed by atoms with Gasteiger partial charge in [0.2, 0.25) is 0 Å². The molecule has 6 nitrogen and oxygen atoms in total. The Morgan fingerprint density at radius 3 is 2.67 bits per heavy atom. The first-order chi connectivity index (χ1) is 13.3. The Morgan fingerprint density at radius 2 is 1.96 bits per heavy atom. The Bertz CT molecular complexity index is 863. The highest BCUT2D eigenvalue weighted by molar-refractivity contribution is 7.14. The van der Waals surface area contributed by atoms with Gasteiger partial charge in [0.05, 0.1) is 23.4 Å². The van der Waals surface area contributed by atoms with Crippen LogP contribution in [0.25, 0.3) is 11.3 Å². The van der Waals surface area contributed by atoms with Gasteiger partial charge in [0.15, 0.2) is 5.96 Å². The van der Waals surface area contributed by atoms with Crippen molar-refractivity contribution in [1.29, 1.82) is 0 Å². The normalized spacial score (nSPS) is 15.2. The van der Waals surface area contributed by atoms with Crippen molar-refractivity contribution in [3.8, 4) is 11.3 Å². The van der Waals surface area contributed by atoms with Crippen LogP contribution in [0, 0.1) is 0 Å². The van der Waals surface area contributed by atoms with Crippen molar-refractivity contribution in [1.82, 2.24) is 20.2 Å². The van der Waals surface area contributed by atoms with Gasteiger partial charge < -0.3 is 20.1 Å². The standard InChI is InChI=1S/C20H24N6S/c1-21-20(26-11-9-25(10-12-26)19-8-5-13-27-19)23-15-18-22-14-17(24-18)16-6-3-2-4-7-16/h2-8,13-14H,9-12,15H2,1H3,(H,21,23)(H,22,24). The number of imidazole rings is 1. The molecule has 27 heavy (non-hydrogen) atoms. The lowest BCUT2D eigenvalue weighted by atomic mass is 10.2. The maximum absolute atomic E-state index is 4.49. The summed E-state index contributed by atoms with van der Waals surface area (Å²) in [5.41, 5.74) is 2.18. The van der Waals surface area contributed by atoms with E-state index in [1.54, 1.807) is 11.3 Å². The van der Waals surface area contributed by atoms with Crippen LogP contribution in [0.4, 0.5) is 5.00 Å². The number of piperazine rings is 1. The summed E-state index contributed by atoms with van der Waals surface area (Å²) in [4.78, 5) is 17.1. The van der Waals surface area contributed by atoms with E-state index in [0.717, 1.165) is 49.2 Å². The van der Waals surface area contributed by atoms with Gasteiger partial charge in [0.1, 0.15) is 5.82 Å². The number of H-pyrrole nitrogens is 1. The molecule has 0 spiro atoms. The Kier molecular flexibility index (Phi) is 5.39. The van der Waals surface area contributed by atoms with E-state index in [-0.39, 0.29) is 0 Å². The minimum atomic E-state index is 0.630. The number of nitrogens with zero attached hydrogens (tertiary/aromatic N) is 4. The highest BCUT2D eigenvalue weighted by Gasteiger charge is 2.20. The average Bonchev–Trinajstić information content (AvgIpc) is 3.42. The number of benzene rings is 1. The molecule has 0 radical (unpaired) electrons. The Balaban J connectivity index is 1.32. The maximum Gasteiger partial charge on any atom is 0.194 e. The first-order valence-electron chi connectivity index (χ1n) is 9.17. The smallest absolute Gasteiger partial charge is 0.194 e. The molecule has 0 saturated carbocycles. The minimum Gasteiger partial charge on any atom is -0.360 e. The van der Waals surface area contributed by atoms with E-state index in [1.165, 1.54) is 5.00 Å². The van der Waals surface area contributed by atoms with Gasteiger partial charge in [-0.25, -0.2) is 4.98 Å². The zero-order valence-corrected chi connectivity index (χ0v) is 16.2. The Hall–Kier alpha value is -2.80. The molecule has 0 bridgehead atoms. The monoisotopic (exact) mass is 380 g/mol. The number of thiophene rings is 1. The lowest BCUT2D eigenvalue weighted by Crippen LogP contribution is -2.52. The second-order valence-corrected chi connectivity index (χ2v) is 7.36. The number of rotatable bonds is 4. The molecular formula is C20H24N6S. The second kappa shape index (κ2) is 8.26. The van der Waals surface area contributed by atoms with E-state index in [4.69, 9.17) is 0 Å². The molecule has 0 unspecified atom stereocenters. The molecule has 0 atom stereocenters. The fourth-order valence-electron chi connectivity index (χ4n) is 3.30. The van der Waals surface area contributed by atoms with Gasteiger partial charge in [-0.15, -0.1) is 11.3 Å². The van der Waals surface area contributed by atoms with Gasteiger partial charge in [0.25, 0.3) is 0 Å². The first kappa shape index (κ1) is 17.6. The molecule has 140 valence electrons. The fourth-order valence-corrected chi connectivity index (χ4v) is 4.09. The van der Waals surface area contributed by atoms with Gasteiger partial charge >= 0.3 is 0 Å². The van der Waals surface area contributed by atoms with Crippen LogP contribution in [-0.4, -0.2) is 54.1 Å². The quantitative estimate of drug-likeness (QED) is 0.540. The van der Waals surface area contributed by atoms with Crippen LogP contribution < -0.4 is 10.2 Å². The van der Waals surface area contributed by atoms with Crippen molar-refractivity contribution in [3.05, 3.63) is 59.9 Å². The molecule has 3 aromatic rings. The van der Waals surface area contributed by atoms with E-state index < -0.39 is 0 Å². The third-order valence-corrected chi connectivity index (χ3v) is 5.67. The molecular weight excluding hydrogens is 356 g/mol. The molecule has 1 saturated heterocycles. The molecule has 0 aliphatic carbocycles. The first-order valence-corrected chi connectivity index (χ1v) is 10.0. The van der Waals surface area contributed by atoms with Crippen LogP contribution in [-0.2, 0) is 6.54 Å². The predicted molar refractivity (Wildman–Crippen MR) is 112 cm³/mol. The summed E-state index contributed by atoms with van der Waals surface area (Å²) in [6.45, 7) is 4.58. The third kappa shape index (κ3) is 4.14. The number of aromatic nitrogens is 2. The van der Waals surface area contributed by atoms with Crippen LogP contribution in [0.5, 0.6) is 0 Å². The zero-order chi connectivity index (χ0) is 18.5. The molecule has 3 heterocycles. The van der Waals surface area contributed by atoms with E-state index in [0.29, 0.717) is 6.54 Å². The van der Waals surface area contributed by atoms with Gasteiger partial charge in [-0.2, -0.15) is 0 Å². The van der Waals surface area contributed by atoms with Crippen molar-refractivity contribution in [2.75, 3.05) is 38.1 Å². The van der Waals surface area contributed by atoms with E-state index >= 15 is 0 Å². The summed E-state index contributed by atoms with van der Waals surface area (Å²) in [6, 6.07) is 14.5. The number of aliphatic imine (C=N–C) groups is 1. The summed E-state index contributed by atoms with van der Waals surface area (Å²) in [7, 11) is 1.84. The number of aromatic amines is 1. The summed E-state index contributed by atoms with van der Waals surface area (Å²) in [6.07, 6.45) is 1.88. The molecule has 1 fully saturated rings. The molecule has 1 aliphatic rings. The third-order valence-electron chi connectivity index (χ3n) is 4.74. The predicted octanol–water partition coefficient (Wildman–Crippen LogP) is 3.04. The Morgan fingerprint density at radius 1 is 1.15 bits per heavy atom. The van der Waals surface area contributed by atoms with Gasteiger partial charge in [-0.1, -0.05) is 30.3 Å². The van der Waals surface area contributed by atoms with Crippen LogP contribution in [0.2, 0.25) is 0 Å². The Labute approximate surface area is 163 Å².